The number of nitrogens with zero attached hydrogens (tertiary/aromatic N) is 1. The molecule has 0 radical (unpaired) electrons. The van der Waals surface area contributed by atoms with Crippen LogP contribution in [0.3, 0.4) is 0 Å². The number of rotatable bonds is 4. The van der Waals surface area contributed by atoms with Gasteiger partial charge in [0.25, 0.3) is 0 Å². The van der Waals surface area contributed by atoms with Crippen molar-refractivity contribution in [2.24, 2.45) is 11.8 Å². The summed E-state index contributed by atoms with van der Waals surface area (Å²) in [6.07, 6.45) is 5.89. The summed E-state index contributed by atoms with van der Waals surface area (Å²) >= 11 is 0. The molecular weight excluding hydrogens is 254 g/mol. The van der Waals surface area contributed by atoms with Crippen LogP contribution in [0.25, 0.3) is 0 Å². The van der Waals surface area contributed by atoms with E-state index in [-0.39, 0.29) is 6.03 Å². The van der Waals surface area contributed by atoms with Gasteiger partial charge in [-0.1, -0.05) is 11.6 Å². The van der Waals surface area contributed by atoms with E-state index in [1.54, 1.807) is 0 Å². The Kier molecular flexibility index (Phi) is 3.68. The fourth-order valence-corrected chi connectivity index (χ4v) is 3.80. The van der Waals surface area contributed by atoms with Crippen molar-refractivity contribution in [1.29, 1.82) is 0 Å². The summed E-state index contributed by atoms with van der Waals surface area (Å²) in [4.78, 5) is 11.9. The molecule has 2 bridgehead atoms. The molecule has 1 aromatic rings. The summed E-state index contributed by atoms with van der Waals surface area (Å²) in [5.74, 6) is 2.42. The van der Waals surface area contributed by atoms with Crippen molar-refractivity contribution < 1.29 is 9.32 Å². The highest BCUT2D eigenvalue weighted by atomic mass is 16.5. The SMILES string of the molecule is Cc1noc(C)c1CCNC(=O)N[C@@H]1C[C@@H]2CC[C@@H]1C2. The summed E-state index contributed by atoms with van der Waals surface area (Å²) in [5.41, 5.74) is 2.02. The van der Waals surface area contributed by atoms with Crippen molar-refractivity contribution in [1.82, 2.24) is 15.8 Å². The lowest BCUT2D eigenvalue weighted by Gasteiger charge is -2.23. The number of hydrogen-bond acceptors (Lipinski definition) is 3. The smallest absolute Gasteiger partial charge is 0.315 e. The lowest BCUT2D eigenvalue weighted by atomic mass is 9.95. The Balaban J connectivity index is 1.41. The molecule has 2 aliphatic rings. The highest BCUT2D eigenvalue weighted by Crippen LogP contribution is 2.44. The van der Waals surface area contributed by atoms with E-state index in [1.807, 2.05) is 13.8 Å². The minimum atomic E-state index is -0.0330. The molecule has 2 N–H and O–H groups in total. The van der Waals surface area contributed by atoms with Gasteiger partial charge in [-0.05, 0) is 51.4 Å². The quantitative estimate of drug-likeness (QED) is 0.887. The number of amides is 2. The van der Waals surface area contributed by atoms with E-state index in [1.165, 1.54) is 25.7 Å². The van der Waals surface area contributed by atoms with Crippen LogP contribution in [0.15, 0.2) is 4.52 Å². The Morgan fingerprint density at radius 3 is 2.80 bits per heavy atom. The second-order valence-corrected chi connectivity index (χ2v) is 6.23. The Morgan fingerprint density at radius 1 is 1.35 bits per heavy atom. The number of hydrogen-bond donors (Lipinski definition) is 2. The van der Waals surface area contributed by atoms with Gasteiger partial charge in [0, 0.05) is 18.2 Å². The molecule has 0 spiro atoms. The highest BCUT2D eigenvalue weighted by molar-refractivity contribution is 5.74. The second kappa shape index (κ2) is 5.46. The van der Waals surface area contributed by atoms with Gasteiger partial charge in [-0.3, -0.25) is 0 Å². The number of aryl methyl sites for hydroxylation is 2. The van der Waals surface area contributed by atoms with Crippen molar-refractivity contribution in [2.45, 2.75) is 52.0 Å². The Bertz CT molecular complexity index is 478. The number of fused-ring (bicyclic) bond motifs is 2. The summed E-state index contributed by atoms with van der Waals surface area (Å²) < 4.78 is 5.12. The molecule has 2 aliphatic carbocycles. The van der Waals surface area contributed by atoms with Crippen LogP contribution >= 0.6 is 0 Å². The molecule has 1 heterocycles. The zero-order valence-corrected chi connectivity index (χ0v) is 12.2. The largest absolute Gasteiger partial charge is 0.361 e. The standard InChI is InChI=1S/C15H23N3O2/c1-9-13(10(2)20-18-9)5-6-16-15(19)17-14-8-11-3-4-12(14)7-11/h11-12,14H,3-8H2,1-2H3,(H2,16,17,19)/t11-,12-,14-/m1/s1. The van der Waals surface area contributed by atoms with Gasteiger partial charge in [-0.2, -0.15) is 0 Å². The first-order chi connectivity index (χ1) is 9.63. The van der Waals surface area contributed by atoms with Crippen molar-refractivity contribution in [2.75, 3.05) is 6.54 Å². The van der Waals surface area contributed by atoms with Gasteiger partial charge in [-0.15, -0.1) is 0 Å². The maximum atomic E-state index is 11.9. The van der Waals surface area contributed by atoms with E-state index < -0.39 is 0 Å². The molecule has 0 aromatic carbocycles. The van der Waals surface area contributed by atoms with Gasteiger partial charge < -0.3 is 15.2 Å². The van der Waals surface area contributed by atoms with Crippen molar-refractivity contribution in [3.63, 3.8) is 0 Å². The van der Waals surface area contributed by atoms with E-state index in [0.717, 1.165) is 29.4 Å². The number of carbonyl (C=O) groups excluding carboxylic acids is 1. The molecule has 110 valence electrons. The molecule has 2 saturated carbocycles. The van der Waals surface area contributed by atoms with Crippen LogP contribution in [0.4, 0.5) is 4.79 Å². The monoisotopic (exact) mass is 277 g/mol. The van der Waals surface area contributed by atoms with Gasteiger partial charge in [-0.25, -0.2) is 4.79 Å². The molecule has 5 nitrogen and oxygen atoms in total. The number of aromatic nitrogens is 1. The third-order valence-electron chi connectivity index (χ3n) is 4.90. The molecule has 0 saturated heterocycles. The maximum Gasteiger partial charge on any atom is 0.315 e. The zero-order chi connectivity index (χ0) is 14.1. The van der Waals surface area contributed by atoms with E-state index in [2.05, 4.69) is 15.8 Å². The molecule has 20 heavy (non-hydrogen) atoms. The molecule has 3 rings (SSSR count). The fraction of sp³-hybridized carbons (Fsp3) is 0.733. The topological polar surface area (TPSA) is 67.2 Å². The second-order valence-electron chi connectivity index (χ2n) is 6.23. The molecule has 5 heteroatoms. The van der Waals surface area contributed by atoms with E-state index >= 15 is 0 Å². The summed E-state index contributed by atoms with van der Waals surface area (Å²) in [6.45, 7) is 4.46. The third-order valence-corrected chi connectivity index (χ3v) is 4.90. The lowest BCUT2D eigenvalue weighted by molar-refractivity contribution is 0.231. The molecule has 0 aliphatic heterocycles. The van der Waals surface area contributed by atoms with Gasteiger partial charge in [0.1, 0.15) is 5.76 Å². The van der Waals surface area contributed by atoms with Crippen LogP contribution in [-0.2, 0) is 6.42 Å². The average molecular weight is 277 g/mol. The zero-order valence-electron chi connectivity index (χ0n) is 12.2. The molecule has 2 amide bonds. The third kappa shape index (κ3) is 2.67. The molecule has 1 aromatic heterocycles. The van der Waals surface area contributed by atoms with Crippen LogP contribution in [0.2, 0.25) is 0 Å². The minimum Gasteiger partial charge on any atom is -0.361 e. The molecule has 2 fully saturated rings. The first kappa shape index (κ1) is 13.5. The molecule has 0 unspecified atom stereocenters. The predicted octanol–water partition coefficient (Wildman–Crippen LogP) is 2.32. The first-order valence-electron chi connectivity index (χ1n) is 7.59. The summed E-state index contributed by atoms with van der Waals surface area (Å²) in [7, 11) is 0. The van der Waals surface area contributed by atoms with E-state index in [9.17, 15) is 4.79 Å². The predicted molar refractivity (Wildman–Crippen MR) is 75.5 cm³/mol. The van der Waals surface area contributed by atoms with Crippen molar-refractivity contribution in [3.8, 4) is 0 Å². The molecule has 3 atom stereocenters. The first-order valence-corrected chi connectivity index (χ1v) is 7.59. The number of urea groups is 1. The van der Waals surface area contributed by atoms with Crippen LogP contribution in [-0.4, -0.2) is 23.8 Å². The summed E-state index contributed by atoms with van der Waals surface area (Å²) in [5, 5.41) is 9.99. The van der Waals surface area contributed by atoms with Crippen LogP contribution in [0, 0.1) is 25.7 Å². The molecular formula is C15H23N3O2. The number of nitrogens with one attached hydrogen (secondary N) is 2. The Morgan fingerprint density at radius 2 is 2.20 bits per heavy atom. The van der Waals surface area contributed by atoms with Crippen molar-refractivity contribution in [3.05, 3.63) is 17.0 Å². The Hall–Kier alpha value is -1.52. The summed E-state index contributed by atoms with van der Waals surface area (Å²) in [6, 6.07) is 0.363. The van der Waals surface area contributed by atoms with Crippen LogP contribution < -0.4 is 10.6 Å². The normalized spacial score (nSPS) is 27.8. The van der Waals surface area contributed by atoms with Gasteiger partial charge in [0.05, 0.1) is 5.69 Å². The average Bonchev–Trinajstić information content (AvgIpc) is 3.09. The Labute approximate surface area is 119 Å². The number of carbonyl (C=O) groups is 1. The maximum absolute atomic E-state index is 11.9. The highest BCUT2D eigenvalue weighted by Gasteiger charge is 2.40. The van der Waals surface area contributed by atoms with E-state index in [0.29, 0.717) is 18.5 Å². The lowest BCUT2D eigenvalue weighted by Crippen LogP contribution is -2.44. The van der Waals surface area contributed by atoms with Crippen LogP contribution in [0.5, 0.6) is 0 Å². The van der Waals surface area contributed by atoms with Crippen molar-refractivity contribution >= 4 is 6.03 Å². The minimum absolute atomic E-state index is 0.0330. The van der Waals surface area contributed by atoms with E-state index in [4.69, 9.17) is 4.52 Å². The van der Waals surface area contributed by atoms with Gasteiger partial charge in [0.2, 0.25) is 0 Å². The van der Waals surface area contributed by atoms with Gasteiger partial charge >= 0.3 is 6.03 Å². The fourth-order valence-electron chi connectivity index (χ4n) is 3.80. The van der Waals surface area contributed by atoms with Crippen LogP contribution in [0.1, 0.15) is 42.7 Å². The van der Waals surface area contributed by atoms with Gasteiger partial charge in [0.15, 0.2) is 0 Å².